The predicted octanol–water partition coefficient (Wildman–Crippen LogP) is 2.44. The molecule has 1 heterocycles. The Balaban J connectivity index is 1.52. The number of hydrogen-bond donors (Lipinski definition) is 0. The molecule has 0 unspecified atom stereocenters. The largest absolute Gasteiger partial charge is 0.339 e. The molecule has 3 rings (SSSR count). The van der Waals surface area contributed by atoms with Crippen LogP contribution in [0.25, 0.3) is 0 Å². The lowest BCUT2D eigenvalue weighted by Crippen LogP contribution is -2.51. The fraction of sp³-hybridized carbons (Fsp3) is 0.350. The van der Waals surface area contributed by atoms with E-state index in [9.17, 15) is 17.6 Å². The Kier molecular flexibility index (Phi) is 6.89. The highest BCUT2D eigenvalue weighted by Gasteiger charge is 2.27. The average molecular weight is 440 g/mol. The first-order valence-electron chi connectivity index (χ1n) is 9.22. The molecule has 0 atom stereocenters. The summed E-state index contributed by atoms with van der Waals surface area (Å²) < 4.78 is 39.2. The van der Waals surface area contributed by atoms with Gasteiger partial charge in [-0.3, -0.25) is 9.69 Å². The third-order valence-corrected chi connectivity index (χ3v) is 6.99. The Morgan fingerprint density at radius 2 is 1.62 bits per heavy atom. The van der Waals surface area contributed by atoms with Crippen LogP contribution < -0.4 is 0 Å². The number of carbonyl (C=O) groups excluding carboxylic acids is 1. The SMILES string of the molecule is CN(CC(=O)N1CCN(Cc2ccc(Cl)cc2)CC1)S(=O)(=O)c1ccc(F)cc1. The molecule has 0 saturated carbocycles. The summed E-state index contributed by atoms with van der Waals surface area (Å²) in [6.07, 6.45) is 0. The number of sulfonamides is 1. The molecule has 156 valence electrons. The molecule has 1 fully saturated rings. The van der Waals surface area contributed by atoms with E-state index < -0.39 is 15.8 Å². The maximum Gasteiger partial charge on any atom is 0.243 e. The molecule has 1 aliphatic heterocycles. The standard InChI is InChI=1S/C20H23ClFN3O3S/c1-23(29(27,28)19-8-6-18(22)7-9-19)15-20(26)25-12-10-24(11-13-25)14-16-2-4-17(21)5-3-16/h2-9H,10-15H2,1H3. The molecular weight excluding hydrogens is 417 g/mol. The number of rotatable bonds is 6. The maximum atomic E-state index is 13.0. The molecule has 6 nitrogen and oxygen atoms in total. The first kappa shape index (κ1) is 21.7. The van der Waals surface area contributed by atoms with Gasteiger partial charge >= 0.3 is 0 Å². The summed E-state index contributed by atoms with van der Waals surface area (Å²) in [5.74, 6) is -0.761. The second-order valence-electron chi connectivity index (χ2n) is 7.00. The minimum atomic E-state index is -3.85. The van der Waals surface area contributed by atoms with Crippen LogP contribution >= 0.6 is 11.6 Å². The van der Waals surface area contributed by atoms with E-state index in [2.05, 4.69) is 4.90 Å². The van der Waals surface area contributed by atoms with Crippen LogP contribution in [0.1, 0.15) is 5.56 Å². The fourth-order valence-electron chi connectivity index (χ4n) is 3.17. The number of piperazine rings is 1. The van der Waals surface area contributed by atoms with Crippen molar-refractivity contribution in [2.45, 2.75) is 11.4 Å². The molecule has 0 spiro atoms. The molecule has 0 N–H and O–H groups in total. The van der Waals surface area contributed by atoms with Crippen molar-refractivity contribution in [3.8, 4) is 0 Å². The smallest absolute Gasteiger partial charge is 0.243 e. The van der Waals surface area contributed by atoms with Gasteiger partial charge in [0.05, 0.1) is 11.4 Å². The summed E-state index contributed by atoms with van der Waals surface area (Å²) in [6, 6.07) is 12.2. The van der Waals surface area contributed by atoms with E-state index in [0.29, 0.717) is 31.2 Å². The zero-order valence-corrected chi connectivity index (χ0v) is 17.7. The maximum absolute atomic E-state index is 13.0. The summed E-state index contributed by atoms with van der Waals surface area (Å²) in [7, 11) is -2.49. The van der Waals surface area contributed by atoms with Crippen molar-refractivity contribution in [3.63, 3.8) is 0 Å². The van der Waals surface area contributed by atoms with Gasteiger partial charge in [0.25, 0.3) is 0 Å². The van der Waals surface area contributed by atoms with E-state index >= 15 is 0 Å². The van der Waals surface area contributed by atoms with Gasteiger partial charge in [0.1, 0.15) is 5.82 Å². The Bertz CT molecular complexity index is 944. The Morgan fingerprint density at radius 1 is 1.03 bits per heavy atom. The number of halogens is 2. The van der Waals surface area contributed by atoms with Crippen molar-refractivity contribution in [2.24, 2.45) is 0 Å². The number of hydrogen-bond acceptors (Lipinski definition) is 4. The number of nitrogens with zero attached hydrogens (tertiary/aromatic N) is 3. The lowest BCUT2D eigenvalue weighted by molar-refractivity contribution is -0.133. The second-order valence-corrected chi connectivity index (χ2v) is 9.48. The quantitative estimate of drug-likeness (QED) is 0.693. The van der Waals surface area contributed by atoms with Gasteiger partial charge in [0.2, 0.25) is 15.9 Å². The zero-order chi connectivity index (χ0) is 21.0. The van der Waals surface area contributed by atoms with Crippen LogP contribution in [0.4, 0.5) is 4.39 Å². The van der Waals surface area contributed by atoms with E-state index in [4.69, 9.17) is 11.6 Å². The van der Waals surface area contributed by atoms with Crippen molar-refractivity contribution in [2.75, 3.05) is 39.8 Å². The van der Waals surface area contributed by atoms with Gasteiger partial charge < -0.3 is 4.90 Å². The molecule has 2 aromatic carbocycles. The minimum Gasteiger partial charge on any atom is -0.339 e. The van der Waals surface area contributed by atoms with Crippen LogP contribution in [0.5, 0.6) is 0 Å². The Morgan fingerprint density at radius 3 is 2.21 bits per heavy atom. The molecule has 29 heavy (non-hydrogen) atoms. The monoisotopic (exact) mass is 439 g/mol. The number of benzene rings is 2. The zero-order valence-electron chi connectivity index (χ0n) is 16.1. The van der Waals surface area contributed by atoms with Crippen LogP contribution in [-0.2, 0) is 21.4 Å². The van der Waals surface area contributed by atoms with Crippen LogP contribution in [0.3, 0.4) is 0 Å². The molecule has 1 aliphatic rings. The van der Waals surface area contributed by atoms with Crippen LogP contribution in [0, 0.1) is 5.82 Å². The molecule has 9 heteroatoms. The van der Waals surface area contributed by atoms with Crippen molar-refractivity contribution in [1.82, 2.24) is 14.1 Å². The van der Waals surface area contributed by atoms with E-state index in [1.807, 2.05) is 24.3 Å². The van der Waals surface area contributed by atoms with E-state index in [1.54, 1.807) is 4.90 Å². The van der Waals surface area contributed by atoms with Gasteiger partial charge in [-0.25, -0.2) is 12.8 Å². The molecule has 1 amide bonds. The van der Waals surface area contributed by atoms with Crippen molar-refractivity contribution in [1.29, 1.82) is 0 Å². The topological polar surface area (TPSA) is 60.9 Å². The third-order valence-electron chi connectivity index (χ3n) is 4.92. The van der Waals surface area contributed by atoms with Crippen LogP contribution in [0.15, 0.2) is 53.4 Å². The summed E-state index contributed by atoms with van der Waals surface area (Å²) in [5.41, 5.74) is 1.15. The Hall–Kier alpha value is -2.00. The van der Waals surface area contributed by atoms with Gasteiger partial charge in [-0.2, -0.15) is 4.31 Å². The summed E-state index contributed by atoms with van der Waals surface area (Å²) in [5, 5.41) is 0.698. The normalized spacial score (nSPS) is 15.7. The lowest BCUT2D eigenvalue weighted by atomic mass is 10.2. The van der Waals surface area contributed by atoms with Crippen molar-refractivity contribution in [3.05, 3.63) is 64.9 Å². The average Bonchev–Trinajstić information content (AvgIpc) is 2.70. The fourth-order valence-corrected chi connectivity index (χ4v) is 4.41. The Labute approximate surface area is 175 Å². The number of carbonyl (C=O) groups is 1. The molecule has 2 aromatic rings. The highest BCUT2D eigenvalue weighted by atomic mass is 35.5. The van der Waals surface area contributed by atoms with Gasteiger partial charge in [0.15, 0.2) is 0 Å². The van der Waals surface area contributed by atoms with Crippen LogP contribution in [-0.4, -0.2) is 68.2 Å². The second kappa shape index (κ2) is 9.21. The predicted molar refractivity (Wildman–Crippen MR) is 110 cm³/mol. The summed E-state index contributed by atoms with van der Waals surface area (Å²) >= 11 is 5.91. The lowest BCUT2D eigenvalue weighted by Gasteiger charge is -2.35. The van der Waals surface area contributed by atoms with Gasteiger partial charge in [-0.15, -0.1) is 0 Å². The molecule has 0 aromatic heterocycles. The van der Waals surface area contributed by atoms with Gasteiger partial charge in [-0.05, 0) is 42.0 Å². The molecule has 0 aliphatic carbocycles. The first-order chi connectivity index (χ1) is 13.8. The molecule has 0 radical (unpaired) electrons. The highest BCUT2D eigenvalue weighted by molar-refractivity contribution is 7.89. The molecular formula is C20H23ClFN3O3S. The van der Waals surface area contributed by atoms with Gasteiger partial charge in [-0.1, -0.05) is 23.7 Å². The van der Waals surface area contributed by atoms with E-state index in [0.717, 1.165) is 28.5 Å². The van der Waals surface area contributed by atoms with Crippen LogP contribution in [0.2, 0.25) is 5.02 Å². The molecule has 1 saturated heterocycles. The molecule has 0 bridgehead atoms. The van der Waals surface area contributed by atoms with Crippen molar-refractivity contribution >= 4 is 27.5 Å². The number of amides is 1. The number of likely N-dealkylation sites (N-methyl/N-ethyl adjacent to an activating group) is 1. The van der Waals surface area contributed by atoms with Gasteiger partial charge in [0, 0.05) is 44.8 Å². The first-order valence-corrected chi connectivity index (χ1v) is 11.0. The highest BCUT2D eigenvalue weighted by Crippen LogP contribution is 2.16. The van der Waals surface area contributed by atoms with E-state index in [1.165, 1.54) is 19.2 Å². The van der Waals surface area contributed by atoms with E-state index in [-0.39, 0.29) is 17.3 Å². The third kappa shape index (κ3) is 5.54. The minimum absolute atomic E-state index is 0.0398. The van der Waals surface area contributed by atoms with Crippen molar-refractivity contribution < 1.29 is 17.6 Å². The summed E-state index contributed by atoms with van der Waals surface area (Å²) in [6.45, 7) is 3.02. The summed E-state index contributed by atoms with van der Waals surface area (Å²) in [4.78, 5) is 16.4.